The summed E-state index contributed by atoms with van der Waals surface area (Å²) in [6.45, 7) is 1.77. The Hall–Kier alpha value is -1.40. The van der Waals surface area contributed by atoms with Crippen LogP contribution >= 0.6 is 0 Å². The van der Waals surface area contributed by atoms with Gasteiger partial charge in [0.2, 0.25) is 15.9 Å². The number of benzene rings is 1. The number of hydrogen-bond acceptors (Lipinski definition) is 3. The summed E-state index contributed by atoms with van der Waals surface area (Å²) in [7, 11) is -3.15. The van der Waals surface area contributed by atoms with Crippen molar-refractivity contribution < 1.29 is 13.2 Å². The second-order valence-corrected chi connectivity index (χ2v) is 7.88. The third kappa shape index (κ3) is 2.70. The Labute approximate surface area is 125 Å². The van der Waals surface area contributed by atoms with E-state index in [0.717, 1.165) is 18.4 Å². The van der Waals surface area contributed by atoms with Gasteiger partial charge in [-0.15, -0.1) is 0 Å². The summed E-state index contributed by atoms with van der Waals surface area (Å²) in [5.41, 5.74) is 0.731. The maximum absolute atomic E-state index is 12.8. The van der Waals surface area contributed by atoms with E-state index in [4.69, 9.17) is 0 Å². The number of carbonyl (C=O) groups is 1. The van der Waals surface area contributed by atoms with Crippen molar-refractivity contribution in [1.82, 2.24) is 9.21 Å². The molecule has 1 aliphatic heterocycles. The van der Waals surface area contributed by atoms with Crippen LogP contribution in [-0.2, 0) is 20.2 Å². The predicted molar refractivity (Wildman–Crippen MR) is 80.4 cm³/mol. The summed E-state index contributed by atoms with van der Waals surface area (Å²) in [5, 5.41) is 0. The molecule has 1 aromatic carbocycles. The smallest absolute Gasteiger partial charge is 0.233 e. The van der Waals surface area contributed by atoms with Gasteiger partial charge in [-0.3, -0.25) is 4.79 Å². The summed E-state index contributed by atoms with van der Waals surface area (Å²) in [4.78, 5) is 14.6. The van der Waals surface area contributed by atoms with Gasteiger partial charge in [0.15, 0.2) is 0 Å². The summed E-state index contributed by atoms with van der Waals surface area (Å²) in [6.07, 6.45) is 3.00. The van der Waals surface area contributed by atoms with E-state index in [-0.39, 0.29) is 11.3 Å². The minimum atomic E-state index is -3.15. The Kier molecular flexibility index (Phi) is 3.53. The first-order valence-corrected chi connectivity index (χ1v) is 9.08. The molecule has 21 heavy (non-hydrogen) atoms. The quantitative estimate of drug-likeness (QED) is 0.831. The molecule has 0 atom stereocenters. The lowest BCUT2D eigenvalue weighted by atomic mass is 9.94. The molecule has 2 aliphatic rings. The van der Waals surface area contributed by atoms with E-state index in [9.17, 15) is 13.2 Å². The van der Waals surface area contributed by atoms with Crippen LogP contribution < -0.4 is 0 Å². The molecule has 0 unspecified atom stereocenters. The Morgan fingerprint density at radius 3 is 2.10 bits per heavy atom. The van der Waals surface area contributed by atoms with Gasteiger partial charge in [0.05, 0.1) is 11.7 Å². The normalized spacial score (nSPS) is 22.0. The Balaban J connectivity index is 1.71. The van der Waals surface area contributed by atoms with Crippen molar-refractivity contribution in [3.05, 3.63) is 35.9 Å². The van der Waals surface area contributed by atoms with Crippen LogP contribution in [0.4, 0.5) is 0 Å². The van der Waals surface area contributed by atoms with Crippen LogP contribution in [0.3, 0.4) is 0 Å². The van der Waals surface area contributed by atoms with Crippen molar-refractivity contribution in [2.24, 2.45) is 0 Å². The fourth-order valence-corrected chi connectivity index (χ4v) is 3.86. The van der Waals surface area contributed by atoms with Crippen molar-refractivity contribution in [3.63, 3.8) is 0 Å². The average Bonchev–Trinajstić information content (AvgIpc) is 3.28. The first-order chi connectivity index (χ1) is 9.93. The molecule has 5 nitrogen and oxygen atoms in total. The van der Waals surface area contributed by atoms with Gasteiger partial charge in [-0.2, -0.15) is 4.31 Å². The monoisotopic (exact) mass is 308 g/mol. The summed E-state index contributed by atoms with van der Waals surface area (Å²) in [5.74, 6) is 0.154. The molecular formula is C15H20N2O3S. The van der Waals surface area contributed by atoms with Gasteiger partial charge in [0, 0.05) is 26.2 Å². The average molecular weight is 308 g/mol. The van der Waals surface area contributed by atoms with Crippen molar-refractivity contribution in [3.8, 4) is 0 Å². The maximum Gasteiger partial charge on any atom is 0.233 e. The Morgan fingerprint density at radius 2 is 1.62 bits per heavy atom. The van der Waals surface area contributed by atoms with Crippen LogP contribution in [0.2, 0.25) is 0 Å². The molecule has 3 rings (SSSR count). The van der Waals surface area contributed by atoms with E-state index in [1.807, 2.05) is 35.2 Å². The van der Waals surface area contributed by atoms with Crippen molar-refractivity contribution in [1.29, 1.82) is 0 Å². The van der Waals surface area contributed by atoms with Gasteiger partial charge in [-0.25, -0.2) is 8.42 Å². The zero-order valence-electron chi connectivity index (χ0n) is 12.2. The molecule has 0 aromatic heterocycles. The van der Waals surface area contributed by atoms with Gasteiger partial charge in [0.1, 0.15) is 0 Å². The van der Waals surface area contributed by atoms with Crippen LogP contribution in [0, 0.1) is 0 Å². The standard InChI is InChI=1S/C15H20N2O3S/c1-21(19,20)17-11-9-16(10-12-17)14(18)15(7-8-15)13-5-3-2-4-6-13/h2-6H,7-12H2,1H3. The van der Waals surface area contributed by atoms with Gasteiger partial charge in [-0.05, 0) is 18.4 Å². The summed E-state index contributed by atoms with van der Waals surface area (Å²) < 4.78 is 24.5. The first kappa shape index (κ1) is 14.5. The molecule has 0 spiro atoms. The second kappa shape index (κ2) is 5.10. The molecule has 0 radical (unpaired) electrons. The van der Waals surface area contributed by atoms with Gasteiger partial charge < -0.3 is 4.90 Å². The molecule has 0 N–H and O–H groups in total. The number of rotatable bonds is 3. The fraction of sp³-hybridized carbons (Fsp3) is 0.533. The van der Waals surface area contributed by atoms with E-state index in [2.05, 4.69) is 0 Å². The predicted octanol–water partition coefficient (Wildman–Crippen LogP) is 0.822. The molecule has 1 heterocycles. The Bertz CT molecular complexity index is 630. The highest BCUT2D eigenvalue weighted by Crippen LogP contribution is 2.49. The molecule has 114 valence electrons. The minimum absolute atomic E-state index is 0.154. The largest absolute Gasteiger partial charge is 0.339 e. The van der Waals surface area contributed by atoms with Crippen LogP contribution in [0.25, 0.3) is 0 Å². The Morgan fingerprint density at radius 1 is 1.05 bits per heavy atom. The highest BCUT2D eigenvalue weighted by Gasteiger charge is 2.53. The van der Waals surface area contributed by atoms with Crippen LogP contribution in [-0.4, -0.2) is 56.0 Å². The molecule has 1 saturated heterocycles. The maximum atomic E-state index is 12.8. The molecule has 1 saturated carbocycles. The van der Waals surface area contributed by atoms with Crippen LogP contribution in [0.1, 0.15) is 18.4 Å². The lowest BCUT2D eigenvalue weighted by Gasteiger charge is -2.35. The van der Waals surface area contributed by atoms with Crippen molar-refractivity contribution in [2.75, 3.05) is 32.4 Å². The van der Waals surface area contributed by atoms with E-state index >= 15 is 0 Å². The number of carbonyl (C=O) groups excluding carboxylic acids is 1. The molecule has 1 aromatic rings. The molecular weight excluding hydrogens is 288 g/mol. The van der Waals surface area contributed by atoms with Crippen molar-refractivity contribution >= 4 is 15.9 Å². The summed E-state index contributed by atoms with van der Waals surface area (Å²) in [6, 6.07) is 9.90. The van der Waals surface area contributed by atoms with Gasteiger partial charge in [-0.1, -0.05) is 30.3 Å². The number of amides is 1. The topological polar surface area (TPSA) is 57.7 Å². The molecule has 6 heteroatoms. The minimum Gasteiger partial charge on any atom is -0.339 e. The summed E-state index contributed by atoms with van der Waals surface area (Å²) >= 11 is 0. The zero-order chi connectivity index (χ0) is 15.1. The number of nitrogens with zero attached hydrogens (tertiary/aromatic N) is 2. The van der Waals surface area contributed by atoms with E-state index < -0.39 is 10.0 Å². The third-order valence-corrected chi connectivity index (χ3v) is 5.78. The third-order valence-electron chi connectivity index (χ3n) is 4.48. The van der Waals surface area contributed by atoms with Gasteiger partial charge >= 0.3 is 0 Å². The molecule has 1 amide bonds. The first-order valence-electron chi connectivity index (χ1n) is 7.23. The highest BCUT2D eigenvalue weighted by atomic mass is 32.2. The number of sulfonamides is 1. The fourth-order valence-electron chi connectivity index (χ4n) is 3.03. The number of piperazine rings is 1. The lowest BCUT2D eigenvalue weighted by Crippen LogP contribution is -2.52. The molecule has 1 aliphatic carbocycles. The van der Waals surface area contributed by atoms with E-state index in [1.165, 1.54) is 10.6 Å². The zero-order valence-corrected chi connectivity index (χ0v) is 13.0. The molecule has 2 fully saturated rings. The second-order valence-electron chi connectivity index (χ2n) is 5.90. The highest BCUT2D eigenvalue weighted by molar-refractivity contribution is 7.88. The van der Waals surface area contributed by atoms with E-state index in [1.54, 1.807) is 0 Å². The van der Waals surface area contributed by atoms with E-state index in [0.29, 0.717) is 26.2 Å². The van der Waals surface area contributed by atoms with Crippen molar-refractivity contribution in [2.45, 2.75) is 18.3 Å². The van der Waals surface area contributed by atoms with Crippen LogP contribution in [0.5, 0.6) is 0 Å². The molecule has 0 bridgehead atoms. The van der Waals surface area contributed by atoms with Crippen LogP contribution in [0.15, 0.2) is 30.3 Å². The van der Waals surface area contributed by atoms with Gasteiger partial charge in [0.25, 0.3) is 0 Å². The lowest BCUT2D eigenvalue weighted by molar-refractivity contribution is -0.135. The number of hydrogen-bond donors (Lipinski definition) is 0. The SMILES string of the molecule is CS(=O)(=O)N1CCN(C(=O)C2(c3ccccc3)CC2)CC1.